The SMILES string of the molecule is COCCN1C(=O)C(=O)/C(=C(\O)c2ccncc2)C1c1ccc(O)cc1. The number of carbonyl (C=O) groups is 2. The van der Waals surface area contributed by atoms with E-state index in [0.717, 1.165) is 0 Å². The molecule has 1 aliphatic rings. The number of likely N-dealkylation sites (tertiary alicyclic amines) is 1. The number of ether oxygens (including phenoxy) is 1. The minimum atomic E-state index is -0.765. The van der Waals surface area contributed by atoms with E-state index in [2.05, 4.69) is 4.98 Å². The zero-order valence-corrected chi connectivity index (χ0v) is 14.1. The zero-order chi connectivity index (χ0) is 18.7. The molecule has 3 rings (SSSR count). The Hall–Kier alpha value is -3.19. The van der Waals surface area contributed by atoms with Gasteiger partial charge in [-0.25, -0.2) is 0 Å². The van der Waals surface area contributed by atoms with Crippen molar-refractivity contribution in [1.29, 1.82) is 0 Å². The maximum atomic E-state index is 12.6. The molecule has 2 aromatic rings. The maximum absolute atomic E-state index is 12.6. The molecule has 26 heavy (non-hydrogen) atoms. The van der Waals surface area contributed by atoms with Crippen molar-refractivity contribution in [1.82, 2.24) is 9.88 Å². The summed E-state index contributed by atoms with van der Waals surface area (Å²) in [4.78, 5) is 30.4. The molecular weight excluding hydrogens is 336 g/mol. The van der Waals surface area contributed by atoms with Gasteiger partial charge in [0.05, 0.1) is 18.2 Å². The molecule has 0 radical (unpaired) electrons. The first kappa shape index (κ1) is 17.6. The van der Waals surface area contributed by atoms with Crippen LogP contribution in [0.1, 0.15) is 17.2 Å². The fourth-order valence-electron chi connectivity index (χ4n) is 2.97. The van der Waals surface area contributed by atoms with Crippen LogP contribution in [-0.2, 0) is 14.3 Å². The third kappa shape index (κ3) is 3.16. The summed E-state index contributed by atoms with van der Waals surface area (Å²) in [5.41, 5.74) is 1.00. The summed E-state index contributed by atoms with van der Waals surface area (Å²) in [6.07, 6.45) is 2.98. The van der Waals surface area contributed by atoms with Gasteiger partial charge in [0.25, 0.3) is 11.7 Å². The second-order valence-electron chi connectivity index (χ2n) is 5.81. The maximum Gasteiger partial charge on any atom is 0.295 e. The fraction of sp³-hybridized carbons (Fsp3) is 0.211. The molecule has 2 N–H and O–H groups in total. The monoisotopic (exact) mass is 354 g/mol. The van der Waals surface area contributed by atoms with Crippen molar-refractivity contribution < 1.29 is 24.5 Å². The smallest absolute Gasteiger partial charge is 0.295 e. The third-order valence-electron chi connectivity index (χ3n) is 4.24. The number of ketones is 1. The van der Waals surface area contributed by atoms with Gasteiger partial charge in [-0.3, -0.25) is 14.6 Å². The van der Waals surface area contributed by atoms with Crippen molar-refractivity contribution in [3.63, 3.8) is 0 Å². The van der Waals surface area contributed by atoms with Crippen molar-refractivity contribution in [2.75, 3.05) is 20.3 Å². The molecule has 1 aromatic heterocycles. The van der Waals surface area contributed by atoms with Gasteiger partial charge in [-0.15, -0.1) is 0 Å². The molecule has 0 saturated carbocycles. The van der Waals surface area contributed by atoms with Gasteiger partial charge in [-0.05, 0) is 29.8 Å². The van der Waals surface area contributed by atoms with E-state index in [1.807, 2.05) is 0 Å². The number of benzene rings is 1. The Kier molecular flexibility index (Phi) is 4.99. The van der Waals surface area contributed by atoms with Crippen LogP contribution in [0.2, 0.25) is 0 Å². The van der Waals surface area contributed by atoms with Crippen LogP contribution < -0.4 is 0 Å². The van der Waals surface area contributed by atoms with Gasteiger partial charge < -0.3 is 19.8 Å². The van der Waals surface area contributed by atoms with Gasteiger partial charge in [0, 0.05) is 31.6 Å². The molecule has 7 heteroatoms. The molecule has 0 spiro atoms. The summed E-state index contributed by atoms with van der Waals surface area (Å²) in [7, 11) is 1.50. The van der Waals surface area contributed by atoms with Crippen molar-refractivity contribution in [2.24, 2.45) is 0 Å². The summed E-state index contributed by atoms with van der Waals surface area (Å²) < 4.78 is 5.04. The molecule has 1 saturated heterocycles. The summed E-state index contributed by atoms with van der Waals surface area (Å²) in [6.45, 7) is 0.441. The standard InChI is InChI=1S/C19H18N2O5/c1-26-11-10-21-16(12-2-4-14(22)5-3-12)15(18(24)19(21)25)17(23)13-6-8-20-9-7-13/h2-9,16,22-23H,10-11H2,1H3/b17-15-. The molecule has 1 unspecified atom stereocenters. The lowest BCUT2D eigenvalue weighted by Gasteiger charge is -2.25. The van der Waals surface area contributed by atoms with Gasteiger partial charge in [0.2, 0.25) is 0 Å². The number of pyridine rings is 1. The van der Waals surface area contributed by atoms with Crippen LogP contribution >= 0.6 is 0 Å². The molecule has 2 heterocycles. The molecular formula is C19H18N2O5. The first-order chi connectivity index (χ1) is 12.5. The van der Waals surface area contributed by atoms with Crippen LogP contribution in [0, 0.1) is 0 Å². The highest BCUT2D eigenvalue weighted by Crippen LogP contribution is 2.39. The van der Waals surface area contributed by atoms with Crippen LogP contribution in [-0.4, -0.2) is 52.0 Å². The lowest BCUT2D eigenvalue weighted by Crippen LogP contribution is -2.32. The van der Waals surface area contributed by atoms with Crippen LogP contribution in [0.15, 0.2) is 54.4 Å². The Labute approximate surface area is 150 Å². The van der Waals surface area contributed by atoms with E-state index in [0.29, 0.717) is 11.1 Å². The first-order valence-electron chi connectivity index (χ1n) is 8.01. The number of methoxy groups -OCH3 is 1. The lowest BCUT2D eigenvalue weighted by molar-refractivity contribution is -0.140. The molecule has 1 aliphatic heterocycles. The van der Waals surface area contributed by atoms with Crippen LogP contribution in [0.3, 0.4) is 0 Å². The van der Waals surface area contributed by atoms with Crippen LogP contribution in [0.4, 0.5) is 0 Å². The number of aliphatic hydroxyl groups excluding tert-OH is 1. The molecule has 1 fully saturated rings. The second-order valence-corrected chi connectivity index (χ2v) is 5.81. The minimum Gasteiger partial charge on any atom is -0.508 e. The number of aromatic hydroxyl groups is 1. The number of amides is 1. The van der Waals surface area contributed by atoms with E-state index in [1.54, 1.807) is 24.3 Å². The Balaban J connectivity index is 2.15. The number of phenols is 1. The number of hydrogen-bond acceptors (Lipinski definition) is 6. The quantitative estimate of drug-likeness (QED) is 0.483. The summed E-state index contributed by atoms with van der Waals surface area (Å²) in [6, 6.07) is 8.53. The summed E-state index contributed by atoms with van der Waals surface area (Å²) in [5, 5.41) is 20.2. The molecule has 0 aliphatic carbocycles. The predicted molar refractivity (Wildman–Crippen MR) is 93.2 cm³/mol. The largest absolute Gasteiger partial charge is 0.508 e. The van der Waals surface area contributed by atoms with Crippen LogP contribution in [0.5, 0.6) is 5.75 Å². The zero-order valence-electron chi connectivity index (χ0n) is 14.1. The number of aromatic nitrogens is 1. The van der Waals surface area contributed by atoms with E-state index < -0.39 is 17.7 Å². The molecule has 1 atom stereocenters. The molecule has 7 nitrogen and oxygen atoms in total. The Bertz CT molecular complexity index is 846. The Morgan fingerprint density at radius 2 is 1.81 bits per heavy atom. The van der Waals surface area contributed by atoms with Crippen molar-refractivity contribution >= 4 is 17.4 Å². The Morgan fingerprint density at radius 3 is 2.42 bits per heavy atom. The number of nitrogens with zero attached hydrogens (tertiary/aromatic N) is 2. The number of aliphatic hydroxyl groups is 1. The van der Waals surface area contributed by atoms with Gasteiger partial charge in [0.1, 0.15) is 11.5 Å². The number of hydrogen-bond donors (Lipinski definition) is 2. The van der Waals surface area contributed by atoms with E-state index in [9.17, 15) is 19.8 Å². The highest BCUT2D eigenvalue weighted by atomic mass is 16.5. The molecule has 134 valence electrons. The molecule has 1 aromatic carbocycles. The Morgan fingerprint density at radius 1 is 1.15 bits per heavy atom. The van der Waals surface area contributed by atoms with Crippen molar-refractivity contribution in [3.05, 3.63) is 65.5 Å². The molecule has 1 amide bonds. The number of rotatable bonds is 5. The number of Topliss-reactive ketones (excluding diaryl/α,β-unsaturated/α-hetero) is 1. The van der Waals surface area contributed by atoms with E-state index in [-0.39, 0.29) is 30.2 Å². The highest BCUT2D eigenvalue weighted by molar-refractivity contribution is 6.46. The van der Waals surface area contributed by atoms with Gasteiger partial charge in [0.15, 0.2) is 0 Å². The van der Waals surface area contributed by atoms with Gasteiger partial charge in [-0.2, -0.15) is 0 Å². The summed E-state index contributed by atoms with van der Waals surface area (Å²) >= 11 is 0. The minimum absolute atomic E-state index is 0.00277. The predicted octanol–water partition coefficient (Wildman–Crippen LogP) is 1.86. The fourth-order valence-corrected chi connectivity index (χ4v) is 2.97. The molecule has 0 bridgehead atoms. The summed E-state index contributed by atoms with van der Waals surface area (Å²) in [5.74, 6) is -1.65. The average Bonchev–Trinajstić information content (AvgIpc) is 2.91. The lowest BCUT2D eigenvalue weighted by atomic mass is 9.95. The van der Waals surface area contributed by atoms with Gasteiger partial charge >= 0.3 is 0 Å². The van der Waals surface area contributed by atoms with Gasteiger partial charge in [-0.1, -0.05) is 12.1 Å². The van der Waals surface area contributed by atoms with Crippen molar-refractivity contribution in [2.45, 2.75) is 6.04 Å². The van der Waals surface area contributed by atoms with E-state index >= 15 is 0 Å². The van der Waals surface area contributed by atoms with E-state index in [1.165, 1.54) is 36.5 Å². The average molecular weight is 354 g/mol. The highest BCUT2D eigenvalue weighted by Gasteiger charge is 2.45. The van der Waals surface area contributed by atoms with E-state index in [4.69, 9.17) is 4.74 Å². The third-order valence-corrected chi connectivity index (χ3v) is 4.24. The topological polar surface area (TPSA) is 100.0 Å². The number of carbonyl (C=O) groups excluding carboxylic acids is 2. The normalized spacial score (nSPS) is 19.1. The second kappa shape index (κ2) is 7.37. The first-order valence-corrected chi connectivity index (χ1v) is 8.01. The number of phenolic OH excluding ortho intramolecular Hbond substituents is 1. The van der Waals surface area contributed by atoms with Crippen molar-refractivity contribution in [3.8, 4) is 5.75 Å². The van der Waals surface area contributed by atoms with Crippen LogP contribution in [0.25, 0.3) is 5.76 Å².